The smallest absolute Gasteiger partial charge is 0.236 e. The maximum Gasteiger partial charge on any atom is 0.236 e. The summed E-state index contributed by atoms with van der Waals surface area (Å²) in [5.41, 5.74) is 3.23. The second-order valence-electron chi connectivity index (χ2n) is 4.75. The van der Waals surface area contributed by atoms with Crippen molar-refractivity contribution >= 4 is 25.8 Å². The predicted molar refractivity (Wildman–Crippen MR) is 90.2 cm³/mol. The Morgan fingerprint density at radius 3 is 2.38 bits per heavy atom. The number of benzene rings is 2. The zero-order valence-corrected chi connectivity index (χ0v) is 11.7. The van der Waals surface area contributed by atoms with Gasteiger partial charge in [0, 0.05) is 12.4 Å². The van der Waals surface area contributed by atoms with Crippen LogP contribution in [-0.2, 0) is 0 Å². The lowest BCUT2D eigenvalue weighted by Gasteiger charge is -2.24. The van der Waals surface area contributed by atoms with Crippen LogP contribution in [-0.4, -0.2) is 12.8 Å². The van der Waals surface area contributed by atoms with E-state index < -0.39 is 0 Å². The van der Waals surface area contributed by atoms with E-state index in [9.17, 15) is 0 Å². The number of hydrogen-bond donors (Lipinski definition) is 0. The fourth-order valence-corrected chi connectivity index (χ4v) is 2.34. The van der Waals surface area contributed by atoms with Gasteiger partial charge in [-0.25, -0.2) is 0 Å². The number of rotatable bonds is 3. The lowest BCUT2D eigenvalue weighted by atomic mass is 10.1. The van der Waals surface area contributed by atoms with Crippen LogP contribution < -0.4 is 4.90 Å². The number of para-hydroxylation sites is 1. The van der Waals surface area contributed by atoms with Gasteiger partial charge >= 0.3 is 0 Å². The Hall–Kier alpha value is -2.68. The molecule has 0 saturated carbocycles. The highest BCUT2D eigenvalue weighted by Gasteiger charge is 2.19. The molecule has 0 saturated heterocycles. The van der Waals surface area contributed by atoms with E-state index in [2.05, 4.69) is 35.8 Å². The van der Waals surface area contributed by atoms with Crippen molar-refractivity contribution in [3.63, 3.8) is 0 Å². The Morgan fingerprint density at radius 2 is 1.62 bits per heavy atom. The van der Waals surface area contributed by atoms with Gasteiger partial charge in [0.25, 0.3) is 0 Å². The van der Waals surface area contributed by atoms with Gasteiger partial charge in [0.2, 0.25) is 7.98 Å². The van der Waals surface area contributed by atoms with E-state index in [-0.39, 0.29) is 0 Å². The summed E-state index contributed by atoms with van der Waals surface area (Å²) in [6, 6.07) is 18.2. The van der Waals surface area contributed by atoms with Crippen molar-refractivity contribution in [2.75, 3.05) is 4.90 Å². The van der Waals surface area contributed by atoms with Crippen LogP contribution in [0.15, 0.2) is 79.4 Å². The fraction of sp³-hybridized carbons (Fsp3) is 0. The van der Waals surface area contributed by atoms with E-state index in [0.29, 0.717) is 0 Å². The molecule has 100 valence electrons. The zero-order valence-electron chi connectivity index (χ0n) is 11.7. The maximum atomic E-state index is 6.06. The molecule has 0 amide bonds. The van der Waals surface area contributed by atoms with Gasteiger partial charge in [-0.3, -0.25) is 0 Å². The highest BCUT2D eigenvalue weighted by Crippen LogP contribution is 2.30. The third-order valence-electron chi connectivity index (χ3n) is 3.40. The molecular weight excluding hydrogens is 255 g/mol. The van der Waals surface area contributed by atoms with E-state index in [0.717, 1.165) is 22.6 Å². The monoisotopic (exact) mass is 270 g/mol. The van der Waals surface area contributed by atoms with Crippen molar-refractivity contribution in [2.45, 2.75) is 0 Å². The standard InChI is InChI=1S/C18H15BN2/c1-2-16-10-6-7-11-17(16)20-12-13-21(19)18(20)14-15-8-4-3-5-9-15/h2-14H,1H2/b18-14-. The third-order valence-corrected chi connectivity index (χ3v) is 3.40. The Labute approximate surface area is 126 Å². The molecule has 0 aliphatic carbocycles. The first-order chi connectivity index (χ1) is 10.3. The minimum atomic E-state index is 0.899. The number of anilines is 1. The molecular formula is C18H15BN2. The van der Waals surface area contributed by atoms with Gasteiger partial charge in [-0.05, 0) is 23.3 Å². The van der Waals surface area contributed by atoms with Crippen LogP contribution in [0, 0.1) is 0 Å². The van der Waals surface area contributed by atoms with Crippen LogP contribution in [0.3, 0.4) is 0 Å². The van der Waals surface area contributed by atoms with Crippen molar-refractivity contribution in [3.05, 3.63) is 90.5 Å². The first kappa shape index (κ1) is 13.3. The van der Waals surface area contributed by atoms with Crippen LogP contribution in [0.4, 0.5) is 5.69 Å². The molecule has 2 aromatic carbocycles. The van der Waals surface area contributed by atoms with Crippen LogP contribution in [0.2, 0.25) is 0 Å². The van der Waals surface area contributed by atoms with Crippen molar-refractivity contribution in [1.82, 2.24) is 4.81 Å². The van der Waals surface area contributed by atoms with Gasteiger partial charge in [0.05, 0.1) is 5.69 Å². The third kappa shape index (κ3) is 2.63. The van der Waals surface area contributed by atoms with Crippen molar-refractivity contribution < 1.29 is 0 Å². The van der Waals surface area contributed by atoms with Crippen molar-refractivity contribution in [3.8, 4) is 0 Å². The van der Waals surface area contributed by atoms with Crippen molar-refractivity contribution in [1.29, 1.82) is 0 Å². The lowest BCUT2D eigenvalue weighted by Crippen LogP contribution is -2.20. The van der Waals surface area contributed by atoms with E-state index in [1.165, 1.54) is 0 Å². The predicted octanol–water partition coefficient (Wildman–Crippen LogP) is 4.00. The molecule has 1 aliphatic rings. The van der Waals surface area contributed by atoms with Gasteiger partial charge in [-0.1, -0.05) is 61.2 Å². The Balaban J connectivity index is 2.03. The Morgan fingerprint density at radius 1 is 0.905 bits per heavy atom. The molecule has 0 fully saturated rings. The number of hydrogen-bond acceptors (Lipinski definition) is 2. The molecule has 2 radical (unpaired) electrons. The summed E-state index contributed by atoms with van der Waals surface area (Å²) in [5.74, 6) is 0.899. The number of nitrogens with zero attached hydrogens (tertiary/aromatic N) is 2. The summed E-state index contributed by atoms with van der Waals surface area (Å²) in [7, 11) is 6.06. The van der Waals surface area contributed by atoms with Crippen LogP contribution in [0.25, 0.3) is 12.2 Å². The van der Waals surface area contributed by atoms with Gasteiger partial charge in [-0.2, -0.15) is 0 Å². The highest BCUT2D eigenvalue weighted by atomic mass is 15.3. The summed E-state index contributed by atoms with van der Waals surface area (Å²) >= 11 is 0. The second-order valence-corrected chi connectivity index (χ2v) is 4.75. The van der Waals surface area contributed by atoms with Gasteiger partial charge in [-0.15, -0.1) is 0 Å². The normalized spacial score (nSPS) is 15.7. The van der Waals surface area contributed by atoms with E-state index in [1.807, 2.05) is 54.9 Å². The SMILES string of the molecule is [B]N1C=CN(c2ccccc2C=C)/C1=C/c1ccccc1. The molecule has 1 heterocycles. The average molecular weight is 270 g/mol. The molecule has 0 aromatic heterocycles. The summed E-state index contributed by atoms with van der Waals surface area (Å²) in [6.07, 6.45) is 7.70. The molecule has 0 atom stereocenters. The van der Waals surface area contributed by atoms with Crippen LogP contribution in [0.1, 0.15) is 11.1 Å². The second kappa shape index (κ2) is 5.75. The molecule has 0 bridgehead atoms. The van der Waals surface area contributed by atoms with Gasteiger partial charge in [0.15, 0.2) is 0 Å². The van der Waals surface area contributed by atoms with Gasteiger partial charge < -0.3 is 9.71 Å². The highest BCUT2D eigenvalue weighted by molar-refractivity contribution is 6.08. The van der Waals surface area contributed by atoms with E-state index >= 15 is 0 Å². The van der Waals surface area contributed by atoms with Crippen molar-refractivity contribution in [2.24, 2.45) is 0 Å². The van der Waals surface area contributed by atoms with Crippen LogP contribution >= 0.6 is 0 Å². The Bertz CT molecular complexity index is 704. The van der Waals surface area contributed by atoms with E-state index in [4.69, 9.17) is 7.98 Å². The van der Waals surface area contributed by atoms with E-state index in [1.54, 1.807) is 4.81 Å². The van der Waals surface area contributed by atoms with Crippen LogP contribution in [0.5, 0.6) is 0 Å². The zero-order chi connectivity index (χ0) is 14.7. The summed E-state index contributed by atoms with van der Waals surface area (Å²) in [6.45, 7) is 3.88. The first-order valence-corrected chi connectivity index (χ1v) is 6.79. The molecule has 2 aromatic rings. The largest absolute Gasteiger partial charge is 0.389 e. The molecule has 1 aliphatic heterocycles. The summed E-state index contributed by atoms with van der Waals surface area (Å²) in [5, 5.41) is 0. The Kier molecular flexibility index (Phi) is 3.65. The summed E-state index contributed by atoms with van der Waals surface area (Å²) in [4.78, 5) is 3.68. The minimum Gasteiger partial charge on any atom is -0.389 e. The summed E-state index contributed by atoms with van der Waals surface area (Å²) < 4.78 is 0. The molecule has 0 unspecified atom stereocenters. The molecule has 0 N–H and O–H groups in total. The topological polar surface area (TPSA) is 6.48 Å². The maximum absolute atomic E-state index is 6.06. The molecule has 0 spiro atoms. The van der Waals surface area contributed by atoms with Gasteiger partial charge in [0.1, 0.15) is 5.82 Å². The fourth-order valence-electron chi connectivity index (χ4n) is 2.34. The average Bonchev–Trinajstić information content (AvgIpc) is 2.89. The minimum absolute atomic E-state index is 0.899. The molecule has 3 heteroatoms. The first-order valence-electron chi connectivity index (χ1n) is 6.79. The lowest BCUT2D eigenvalue weighted by molar-refractivity contribution is 0.770. The molecule has 2 nitrogen and oxygen atoms in total. The molecule has 21 heavy (non-hydrogen) atoms. The quantitative estimate of drug-likeness (QED) is 0.778. The molecule has 3 rings (SSSR count).